The number of aryl methyl sites for hydroxylation is 1. The molecule has 1 amide bonds. The molecule has 0 bridgehead atoms. The molecule has 1 aromatic carbocycles. The van der Waals surface area contributed by atoms with E-state index in [2.05, 4.69) is 23.5 Å². The van der Waals surface area contributed by atoms with Crippen molar-refractivity contribution < 1.29 is 4.79 Å². The molecule has 2 aliphatic rings. The lowest BCUT2D eigenvalue weighted by molar-refractivity contribution is -0.119. The number of anilines is 1. The number of hydrogen-bond donors (Lipinski definition) is 1. The number of carbonyl (C=O) groups is 1. The fourth-order valence-electron chi connectivity index (χ4n) is 3.03. The van der Waals surface area contributed by atoms with E-state index in [1.54, 1.807) is 0 Å². The van der Waals surface area contributed by atoms with E-state index in [9.17, 15) is 4.79 Å². The van der Waals surface area contributed by atoms with Gasteiger partial charge in [0.2, 0.25) is 5.91 Å². The van der Waals surface area contributed by atoms with Crippen molar-refractivity contribution in [2.75, 3.05) is 24.5 Å². The van der Waals surface area contributed by atoms with Crippen LogP contribution < -0.4 is 10.2 Å². The third-order valence-electron chi connectivity index (χ3n) is 4.03. The Labute approximate surface area is 108 Å². The van der Waals surface area contributed by atoms with Crippen LogP contribution in [0.2, 0.25) is 0 Å². The Morgan fingerprint density at radius 1 is 1.28 bits per heavy atom. The smallest absolute Gasteiger partial charge is 0.227 e. The number of para-hydroxylation sites is 1. The molecule has 1 N–H and O–H groups in total. The molecule has 3 nitrogen and oxygen atoms in total. The molecule has 1 saturated heterocycles. The molecule has 1 aromatic rings. The third kappa shape index (κ3) is 2.27. The van der Waals surface area contributed by atoms with Gasteiger partial charge in [0, 0.05) is 18.7 Å². The lowest BCUT2D eigenvalue weighted by atomic mass is 9.95. The van der Waals surface area contributed by atoms with Crippen molar-refractivity contribution in [1.29, 1.82) is 0 Å². The highest BCUT2D eigenvalue weighted by molar-refractivity contribution is 5.96. The van der Waals surface area contributed by atoms with Crippen molar-refractivity contribution in [2.24, 2.45) is 5.92 Å². The molecule has 3 rings (SSSR count). The summed E-state index contributed by atoms with van der Waals surface area (Å²) < 4.78 is 0. The van der Waals surface area contributed by atoms with E-state index >= 15 is 0 Å². The van der Waals surface area contributed by atoms with Gasteiger partial charge >= 0.3 is 0 Å². The standard InChI is InChI=1S/C15H20N2O/c18-15-8-7-13-5-1-2-6-14(13)17(15)11-12-4-3-9-16-10-12/h1-2,5-6,12,16H,3-4,7-11H2. The number of piperidine rings is 1. The fourth-order valence-corrected chi connectivity index (χ4v) is 3.03. The maximum Gasteiger partial charge on any atom is 0.227 e. The molecule has 1 unspecified atom stereocenters. The molecule has 0 saturated carbocycles. The van der Waals surface area contributed by atoms with Gasteiger partial charge in [0.25, 0.3) is 0 Å². The first kappa shape index (κ1) is 11.7. The van der Waals surface area contributed by atoms with Crippen molar-refractivity contribution >= 4 is 11.6 Å². The van der Waals surface area contributed by atoms with Crippen molar-refractivity contribution in [3.63, 3.8) is 0 Å². The zero-order chi connectivity index (χ0) is 12.4. The number of benzene rings is 1. The van der Waals surface area contributed by atoms with Gasteiger partial charge in [-0.2, -0.15) is 0 Å². The predicted octanol–water partition coefficient (Wildman–Crippen LogP) is 1.97. The first-order valence-corrected chi connectivity index (χ1v) is 6.93. The summed E-state index contributed by atoms with van der Waals surface area (Å²) >= 11 is 0. The van der Waals surface area contributed by atoms with E-state index in [0.29, 0.717) is 18.2 Å². The molecule has 0 spiro atoms. The second kappa shape index (κ2) is 5.11. The minimum atomic E-state index is 0.291. The van der Waals surface area contributed by atoms with Gasteiger partial charge in [-0.3, -0.25) is 4.79 Å². The summed E-state index contributed by atoms with van der Waals surface area (Å²) in [6.07, 6.45) is 4.03. The van der Waals surface area contributed by atoms with Gasteiger partial charge in [0.1, 0.15) is 0 Å². The lowest BCUT2D eigenvalue weighted by Gasteiger charge is -2.34. The molecule has 1 fully saturated rings. The van der Waals surface area contributed by atoms with Crippen molar-refractivity contribution in [1.82, 2.24) is 5.32 Å². The van der Waals surface area contributed by atoms with E-state index in [1.165, 1.54) is 18.4 Å². The first-order valence-electron chi connectivity index (χ1n) is 6.93. The van der Waals surface area contributed by atoms with Crippen LogP contribution in [0.4, 0.5) is 5.69 Å². The molecule has 0 aliphatic carbocycles. The quantitative estimate of drug-likeness (QED) is 0.862. The van der Waals surface area contributed by atoms with Gasteiger partial charge in [0.15, 0.2) is 0 Å². The van der Waals surface area contributed by atoms with Crippen molar-refractivity contribution in [3.8, 4) is 0 Å². The molecular weight excluding hydrogens is 224 g/mol. The molecule has 0 aromatic heterocycles. The van der Waals surface area contributed by atoms with Gasteiger partial charge in [0.05, 0.1) is 0 Å². The molecule has 18 heavy (non-hydrogen) atoms. The van der Waals surface area contributed by atoms with E-state index in [-0.39, 0.29) is 0 Å². The van der Waals surface area contributed by atoms with Gasteiger partial charge in [-0.15, -0.1) is 0 Å². The second-order valence-electron chi connectivity index (χ2n) is 5.35. The zero-order valence-electron chi connectivity index (χ0n) is 10.7. The zero-order valence-corrected chi connectivity index (χ0v) is 10.7. The molecular formula is C15H20N2O. The van der Waals surface area contributed by atoms with Crippen LogP contribution in [-0.4, -0.2) is 25.5 Å². The van der Waals surface area contributed by atoms with E-state index < -0.39 is 0 Å². The maximum absolute atomic E-state index is 12.1. The number of amides is 1. The molecule has 2 heterocycles. The maximum atomic E-state index is 12.1. The number of hydrogen-bond acceptors (Lipinski definition) is 2. The molecule has 1 atom stereocenters. The fraction of sp³-hybridized carbons (Fsp3) is 0.533. The van der Waals surface area contributed by atoms with Gasteiger partial charge in [-0.05, 0) is 49.9 Å². The van der Waals surface area contributed by atoms with Gasteiger partial charge < -0.3 is 10.2 Å². The highest BCUT2D eigenvalue weighted by atomic mass is 16.2. The number of rotatable bonds is 2. The van der Waals surface area contributed by atoms with Crippen molar-refractivity contribution in [2.45, 2.75) is 25.7 Å². The number of fused-ring (bicyclic) bond motifs is 1. The molecule has 3 heteroatoms. The van der Waals surface area contributed by atoms with Crippen LogP contribution in [0.25, 0.3) is 0 Å². The highest BCUT2D eigenvalue weighted by Crippen LogP contribution is 2.28. The average molecular weight is 244 g/mol. The average Bonchev–Trinajstić information content (AvgIpc) is 2.43. The van der Waals surface area contributed by atoms with Crippen LogP contribution in [-0.2, 0) is 11.2 Å². The Bertz CT molecular complexity index is 438. The lowest BCUT2D eigenvalue weighted by Crippen LogP contribution is -2.43. The third-order valence-corrected chi connectivity index (χ3v) is 4.03. The number of nitrogens with one attached hydrogen (secondary N) is 1. The summed E-state index contributed by atoms with van der Waals surface area (Å²) in [6.45, 7) is 3.05. The minimum absolute atomic E-state index is 0.291. The molecule has 96 valence electrons. The Morgan fingerprint density at radius 3 is 3.00 bits per heavy atom. The van der Waals surface area contributed by atoms with E-state index in [0.717, 1.165) is 31.7 Å². The summed E-state index contributed by atoms with van der Waals surface area (Å²) in [7, 11) is 0. The highest BCUT2D eigenvalue weighted by Gasteiger charge is 2.26. The monoisotopic (exact) mass is 244 g/mol. The topological polar surface area (TPSA) is 32.3 Å². The number of nitrogens with zero attached hydrogens (tertiary/aromatic N) is 1. The van der Waals surface area contributed by atoms with Crippen molar-refractivity contribution in [3.05, 3.63) is 29.8 Å². The normalized spacial score (nSPS) is 23.9. The summed E-state index contributed by atoms with van der Waals surface area (Å²) in [6, 6.07) is 8.33. The SMILES string of the molecule is O=C1CCc2ccccc2N1CC1CCCNC1. The summed E-state index contributed by atoms with van der Waals surface area (Å²) in [5.74, 6) is 0.896. The summed E-state index contributed by atoms with van der Waals surface area (Å²) in [5.41, 5.74) is 2.46. The number of carbonyl (C=O) groups excluding carboxylic acids is 1. The van der Waals surface area contributed by atoms with E-state index in [4.69, 9.17) is 0 Å². The summed E-state index contributed by atoms with van der Waals surface area (Å²) in [5, 5.41) is 3.43. The Kier molecular flexibility index (Phi) is 3.33. The van der Waals surface area contributed by atoms with E-state index in [1.807, 2.05) is 11.0 Å². The summed E-state index contributed by atoms with van der Waals surface area (Å²) in [4.78, 5) is 14.1. The Morgan fingerprint density at radius 2 is 2.17 bits per heavy atom. The predicted molar refractivity (Wildman–Crippen MR) is 72.7 cm³/mol. The molecule has 0 radical (unpaired) electrons. The second-order valence-corrected chi connectivity index (χ2v) is 5.35. The van der Waals surface area contributed by atoms with Crippen LogP contribution in [0.5, 0.6) is 0 Å². The van der Waals surface area contributed by atoms with Crippen LogP contribution >= 0.6 is 0 Å². The van der Waals surface area contributed by atoms with Gasteiger partial charge in [-0.25, -0.2) is 0 Å². The molecule has 2 aliphatic heterocycles. The first-order chi connectivity index (χ1) is 8.84. The van der Waals surface area contributed by atoms with Crippen LogP contribution in [0.3, 0.4) is 0 Å². The Hall–Kier alpha value is -1.35. The largest absolute Gasteiger partial charge is 0.316 e. The minimum Gasteiger partial charge on any atom is -0.316 e. The van der Waals surface area contributed by atoms with Gasteiger partial charge in [-0.1, -0.05) is 18.2 Å². The van der Waals surface area contributed by atoms with Crippen LogP contribution in [0.15, 0.2) is 24.3 Å². The van der Waals surface area contributed by atoms with Crippen LogP contribution in [0.1, 0.15) is 24.8 Å². The Balaban J connectivity index is 1.79. The van der Waals surface area contributed by atoms with Crippen LogP contribution in [0, 0.1) is 5.92 Å².